The van der Waals surface area contributed by atoms with Crippen molar-refractivity contribution in [2.45, 2.75) is 84.3 Å². The van der Waals surface area contributed by atoms with Gasteiger partial charge in [0.2, 0.25) is 0 Å². The van der Waals surface area contributed by atoms with Crippen LogP contribution in [0.4, 0.5) is 4.79 Å². The van der Waals surface area contributed by atoms with Crippen molar-refractivity contribution in [3.05, 3.63) is 12.2 Å². The van der Waals surface area contributed by atoms with Crippen LogP contribution in [0.25, 0.3) is 0 Å². The first-order valence-corrected chi connectivity index (χ1v) is 9.12. The molecular formula is C19H35NO3. The quantitative estimate of drug-likeness (QED) is 0.650. The summed E-state index contributed by atoms with van der Waals surface area (Å²) < 4.78 is 11.4. The highest BCUT2D eigenvalue weighted by Gasteiger charge is 2.19. The van der Waals surface area contributed by atoms with Gasteiger partial charge in [-0.25, -0.2) is 4.79 Å². The lowest BCUT2D eigenvalue weighted by atomic mass is 10.0. The van der Waals surface area contributed by atoms with Crippen molar-refractivity contribution in [3.8, 4) is 0 Å². The van der Waals surface area contributed by atoms with Gasteiger partial charge in [0.1, 0.15) is 6.10 Å². The Morgan fingerprint density at radius 3 is 2.74 bits per heavy atom. The van der Waals surface area contributed by atoms with Crippen LogP contribution in [0.5, 0.6) is 0 Å². The third-order valence-corrected chi connectivity index (χ3v) is 4.18. The first-order valence-electron chi connectivity index (χ1n) is 9.12. The van der Waals surface area contributed by atoms with Gasteiger partial charge < -0.3 is 14.8 Å². The van der Waals surface area contributed by atoms with Gasteiger partial charge in [0.25, 0.3) is 0 Å². The predicted molar refractivity (Wildman–Crippen MR) is 94.6 cm³/mol. The van der Waals surface area contributed by atoms with Gasteiger partial charge >= 0.3 is 6.09 Å². The molecule has 0 fully saturated rings. The highest BCUT2D eigenvalue weighted by atomic mass is 16.6. The van der Waals surface area contributed by atoms with E-state index in [-0.39, 0.29) is 17.8 Å². The second kappa shape index (κ2) is 10.7. The van der Waals surface area contributed by atoms with Crippen LogP contribution in [-0.4, -0.2) is 30.9 Å². The Bertz CT molecular complexity index is 364. The summed E-state index contributed by atoms with van der Waals surface area (Å²) in [7, 11) is 0. The second-order valence-corrected chi connectivity index (χ2v) is 7.47. The summed E-state index contributed by atoms with van der Waals surface area (Å²) in [6.45, 7) is 9.88. The Labute approximate surface area is 142 Å². The van der Waals surface area contributed by atoms with Crippen molar-refractivity contribution < 1.29 is 14.3 Å². The number of amides is 1. The topological polar surface area (TPSA) is 47.6 Å². The zero-order valence-corrected chi connectivity index (χ0v) is 15.4. The van der Waals surface area contributed by atoms with E-state index in [0.717, 1.165) is 51.6 Å². The minimum absolute atomic E-state index is 0.0512. The average Bonchev–Trinajstić information content (AvgIpc) is 2.40. The molecule has 0 aromatic rings. The van der Waals surface area contributed by atoms with E-state index in [1.807, 2.05) is 0 Å². The van der Waals surface area contributed by atoms with Crippen LogP contribution in [0.3, 0.4) is 0 Å². The number of rotatable bonds is 8. The van der Waals surface area contributed by atoms with Crippen molar-refractivity contribution in [2.24, 2.45) is 5.92 Å². The number of ether oxygens (including phenoxy) is 2. The van der Waals surface area contributed by atoms with Gasteiger partial charge in [0.05, 0.1) is 5.60 Å². The molecule has 0 spiro atoms. The smallest absolute Gasteiger partial charge is 0.407 e. The second-order valence-electron chi connectivity index (χ2n) is 7.47. The Hall–Kier alpha value is -1.03. The highest BCUT2D eigenvalue weighted by Crippen LogP contribution is 2.17. The molecule has 0 aliphatic heterocycles. The molecule has 134 valence electrons. The van der Waals surface area contributed by atoms with Crippen LogP contribution in [0.2, 0.25) is 0 Å². The molecule has 1 aliphatic rings. The van der Waals surface area contributed by atoms with E-state index in [1.165, 1.54) is 0 Å². The van der Waals surface area contributed by atoms with Crippen molar-refractivity contribution in [1.29, 1.82) is 0 Å². The molecule has 23 heavy (non-hydrogen) atoms. The van der Waals surface area contributed by atoms with Crippen molar-refractivity contribution in [1.82, 2.24) is 5.32 Å². The van der Waals surface area contributed by atoms with Crippen LogP contribution >= 0.6 is 0 Å². The Morgan fingerprint density at radius 2 is 2.00 bits per heavy atom. The minimum Gasteiger partial charge on any atom is -0.446 e. The van der Waals surface area contributed by atoms with E-state index >= 15 is 0 Å². The van der Waals surface area contributed by atoms with E-state index in [0.29, 0.717) is 12.5 Å². The van der Waals surface area contributed by atoms with Gasteiger partial charge in [-0.2, -0.15) is 0 Å². The van der Waals surface area contributed by atoms with Crippen LogP contribution in [0.15, 0.2) is 12.2 Å². The molecule has 1 N–H and O–H groups in total. The number of carbonyl (C=O) groups excluding carboxylic acids is 1. The van der Waals surface area contributed by atoms with Gasteiger partial charge in [0.15, 0.2) is 0 Å². The fourth-order valence-electron chi connectivity index (χ4n) is 2.55. The molecular weight excluding hydrogens is 290 g/mol. The number of carbonyl (C=O) groups is 1. The maximum Gasteiger partial charge on any atom is 0.407 e. The molecule has 0 bridgehead atoms. The Kier molecular flexibility index (Phi) is 9.30. The number of alkyl carbamates (subject to hydrolysis) is 1. The van der Waals surface area contributed by atoms with Gasteiger partial charge in [-0.3, -0.25) is 0 Å². The molecule has 1 atom stereocenters. The first kappa shape index (κ1) is 20.0. The molecule has 1 aliphatic carbocycles. The van der Waals surface area contributed by atoms with Crippen LogP contribution in [0.1, 0.15) is 72.6 Å². The lowest BCUT2D eigenvalue weighted by Crippen LogP contribution is -2.35. The summed E-state index contributed by atoms with van der Waals surface area (Å²) in [4.78, 5) is 11.9. The molecule has 0 aromatic carbocycles. The monoisotopic (exact) mass is 325 g/mol. The average molecular weight is 325 g/mol. The lowest BCUT2D eigenvalue weighted by molar-refractivity contribution is -0.0273. The summed E-state index contributed by atoms with van der Waals surface area (Å²) in [5.41, 5.74) is -0.215. The van der Waals surface area contributed by atoms with Crippen molar-refractivity contribution in [3.63, 3.8) is 0 Å². The number of hydrogen-bond donors (Lipinski definition) is 1. The SMILES string of the molecule is CC(C)CCOC(C)(C)CCNC(=O)OC1CC/C=C/CCC1. The van der Waals surface area contributed by atoms with Crippen molar-refractivity contribution in [2.75, 3.05) is 13.2 Å². The van der Waals surface area contributed by atoms with Crippen LogP contribution in [0, 0.1) is 5.92 Å². The minimum atomic E-state index is -0.294. The number of hydrogen-bond acceptors (Lipinski definition) is 3. The first-order chi connectivity index (χ1) is 10.9. The van der Waals surface area contributed by atoms with Gasteiger partial charge in [-0.15, -0.1) is 0 Å². The third kappa shape index (κ3) is 10.4. The molecule has 4 nitrogen and oxygen atoms in total. The van der Waals surface area contributed by atoms with E-state index in [4.69, 9.17) is 9.47 Å². The Balaban J connectivity index is 2.18. The molecule has 1 rings (SSSR count). The predicted octanol–water partition coefficient (Wildman–Crippen LogP) is 4.83. The largest absolute Gasteiger partial charge is 0.446 e. The molecule has 1 unspecified atom stereocenters. The molecule has 0 saturated heterocycles. The summed E-state index contributed by atoms with van der Waals surface area (Å²) >= 11 is 0. The van der Waals surface area contributed by atoms with E-state index in [2.05, 4.69) is 45.2 Å². The summed E-state index contributed by atoms with van der Waals surface area (Å²) in [6.07, 6.45) is 11.1. The molecule has 0 saturated carbocycles. The zero-order chi connectivity index (χ0) is 17.1. The molecule has 0 radical (unpaired) electrons. The Morgan fingerprint density at radius 1 is 1.26 bits per heavy atom. The molecule has 4 heteroatoms. The van der Waals surface area contributed by atoms with Gasteiger partial charge in [-0.1, -0.05) is 26.0 Å². The summed E-state index contributed by atoms with van der Waals surface area (Å²) in [6, 6.07) is 0. The summed E-state index contributed by atoms with van der Waals surface area (Å²) in [5.74, 6) is 0.650. The van der Waals surface area contributed by atoms with Crippen LogP contribution < -0.4 is 5.32 Å². The normalized spacial score (nSPS) is 20.7. The summed E-state index contributed by atoms with van der Waals surface area (Å²) in [5, 5.41) is 2.86. The zero-order valence-electron chi connectivity index (χ0n) is 15.4. The van der Waals surface area contributed by atoms with E-state index < -0.39 is 0 Å². The highest BCUT2D eigenvalue weighted by molar-refractivity contribution is 5.67. The van der Waals surface area contributed by atoms with Crippen LogP contribution in [-0.2, 0) is 9.47 Å². The molecule has 0 heterocycles. The standard InChI is InChI=1S/C19H35NO3/c1-16(2)12-15-22-19(3,4)13-14-20-18(21)23-17-10-8-6-5-7-9-11-17/h5-6,16-17H,7-15H2,1-4H3,(H,20,21)/b6-5+. The molecule has 0 aromatic heterocycles. The van der Waals surface area contributed by atoms with Crippen molar-refractivity contribution >= 4 is 6.09 Å². The fraction of sp³-hybridized carbons (Fsp3) is 0.842. The van der Waals surface area contributed by atoms with Gasteiger partial charge in [0, 0.05) is 13.2 Å². The number of nitrogens with one attached hydrogen (secondary N) is 1. The maximum atomic E-state index is 11.9. The van der Waals surface area contributed by atoms with E-state index in [1.54, 1.807) is 0 Å². The molecule has 1 amide bonds. The third-order valence-electron chi connectivity index (χ3n) is 4.18. The lowest BCUT2D eigenvalue weighted by Gasteiger charge is -2.26. The maximum absolute atomic E-state index is 11.9. The number of allylic oxidation sites excluding steroid dienone is 2. The van der Waals surface area contributed by atoms with E-state index in [9.17, 15) is 4.79 Å². The fourth-order valence-corrected chi connectivity index (χ4v) is 2.55. The van der Waals surface area contributed by atoms with Gasteiger partial charge in [-0.05, 0) is 64.7 Å².